The van der Waals surface area contributed by atoms with Crippen molar-refractivity contribution in [2.75, 3.05) is 11.9 Å². The van der Waals surface area contributed by atoms with Crippen LogP contribution in [0.1, 0.15) is 25.0 Å². The summed E-state index contributed by atoms with van der Waals surface area (Å²) < 4.78 is 10.5. The van der Waals surface area contributed by atoms with Crippen LogP contribution in [0.5, 0.6) is 5.75 Å². The van der Waals surface area contributed by atoms with Crippen molar-refractivity contribution in [3.05, 3.63) is 65.7 Å². The summed E-state index contributed by atoms with van der Waals surface area (Å²) in [5, 5.41) is 2.71. The van der Waals surface area contributed by atoms with Gasteiger partial charge in [0.2, 0.25) is 0 Å². The fourth-order valence-corrected chi connectivity index (χ4v) is 2.15. The highest BCUT2D eigenvalue weighted by atomic mass is 16.5. The number of anilines is 1. The molecule has 0 radical (unpaired) electrons. The monoisotopic (exact) mass is 353 g/mol. The first-order valence-electron chi connectivity index (χ1n) is 8.47. The normalized spacial score (nSPS) is 11.8. The largest absolute Gasteiger partial charge is 0.494 e. The van der Waals surface area contributed by atoms with Crippen LogP contribution in [-0.2, 0) is 14.3 Å². The minimum Gasteiger partial charge on any atom is -0.494 e. The number of rotatable bonds is 7. The molecule has 0 aliphatic rings. The lowest BCUT2D eigenvalue weighted by atomic mass is 10.2. The number of carbonyl (C=O) groups excluding carboxylic acids is 2. The average molecular weight is 353 g/mol. The Morgan fingerprint density at radius 2 is 1.73 bits per heavy atom. The van der Waals surface area contributed by atoms with Crippen LogP contribution in [0, 0.1) is 6.92 Å². The minimum atomic E-state index is -0.895. The third-order valence-corrected chi connectivity index (χ3v) is 3.58. The van der Waals surface area contributed by atoms with Crippen LogP contribution < -0.4 is 10.1 Å². The summed E-state index contributed by atoms with van der Waals surface area (Å²) in [5.41, 5.74) is 2.59. The Labute approximate surface area is 153 Å². The maximum Gasteiger partial charge on any atom is 0.331 e. The first kappa shape index (κ1) is 19.2. The molecule has 0 aliphatic heterocycles. The zero-order valence-electron chi connectivity index (χ0n) is 15.2. The molecule has 136 valence electrons. The molecule has 1 amide bonds. The standard InChI is InChI=1S/C21H23NO4/c1-4-25-19-12-7-17(8-13-19)9-14-20(23)26-16(3)21(24)22-18-10-5-15(2)6-11-18/h5-14,16H,4H2,1-3H3,(H,22,24)/b14-9+. The molecule has 0 saturated carbocycles. The number of carbonyl (C=O) groups is 2. The average Bonchev–Trinajstić information content (AvgIpc) is 2.63. The molecule has 2 aromatic rings. The van der Waals surface area contributed by atoms with Gasteiger partial charge in [0.05, 0.1) is 6.61 Å². The van der Waals surface area contributed by atoms with E-state index in [0.29, 0.717) is 12.3 Å². The van der Waals surface area contributed by atoms with Gasteiger partial charge in [-0.05, 0) is 56.7 Å². The zero-order chi connectivity index (χ0) is 18.9. The molecule has 0 fully saturated rings. The highest BCUT2D eigenvalue weighted by Gasteiger charge is 2.16. The smallest absolute Gasteiger partial charge is 0.331 e. The van der Waals surface area contributed by atoms with Gasteiger partial charge < -0.3 is 14.8 Å². The highest BCUT2D eigenvalue weighted by molar-refractivity contribution is 5.96. The van der Waals surface area contributed by atoms with E-state index in [1.165, 1.54) is 13.0 Å². The van der Waals surface area contributed by atoms with Crippen LogP contribution in [0.4, 0.5) is 5.69 Å². The van der Waals surface area contributed by atoms with Crippen molar-refractivity contribution < 1.29 is 19.1 Å². The first-order chi connectivity index (χ1) is 12.5. The van der Waals surface area contributed by atoms with Gasteiger partial charge in [0, 0.05) is 11.8 Å². The van der Waals surface area contributed by atoms with E-state index >= 15 is 0 Å². The molecular weight excluding hydrogens is 330 g/mol. The number of esters is 1. The molecule has 0 aromatic heterocycles. The molecule has 5 nitrogen and oxygen atoms in total. The first-order valence-corrected chi connectivity index (χ1v) is 8.47. The van der Waals surface area contributed by atoms with Gasteiger partial charge in [-0.25, -0.2) is 4.79 Å². The second-order valence-corrected chi connectivity index (χ2v) is 5.77. The molecule has 26 heavy (non-hydrogen) atoms. The second kappa shape index (κ2) is 9.42. The summed E-state index contributed by atoms with van der Waals surface area (Å²) in [6.07, 6.45) is 2.03. The summed E-state index contributed by atoms with van der Waals surface area (Å²) in [7, 11) is 0. The molecule has 1 N–H and O–H groups in total. The predicted octanol–water partition coefficient (Wildman–Crippen LogP) is 3.98. The number of aryl methyl sites for hydroxylation is 1. The number of benzene rings is 2. The Morgan fingerprint density at radius 3 is 2.35 bits per heavy atom. The van der Waals surface area contributed by atoms with E-state index in [4.69, 9.17) is 9.47 Å². The molecule has 0 aliphatic carbocycles. The van der Waals surface area contributed by atoms with E-state index in [2.05, 4.69) is 5.32 Å². The van der Waals surface area contributed by atoms with Crippen molar-refractivity contribution in [3.8, 4) is 5.75 Å². The molecular formula is C21H23NO4. The van der Waals surface area contributed by atoms with E-state index in [1.807, 2.05) is 50.2 Å². The minimum absolute atomic E-state index is 0.378. The highest BCUT2D eigenvalue weighted by Crippen LogP contribution is 2.13. The van der Waals surface area contributed by atoms with Crippen LogP contribution in [0.3, 0.4) is 0 Å². The maximum absolute atomic E-state index is 12.1. The number of hydrogen-bond acceptors (Lipinski definition) is 4. The molecule has 5 heteroatoms. The predicted molar refractivity (Wildman–Crippen MR) is 102 cm³/mol. The zero-order valence-corrected chi connectivity index (χ0v) is 15.2. The Kier molecular flexibility index (Phi) is 6.97. The van der Waals surface area contributed by atoms with Crippen LogP contribution in [-0.4, -0.2) is 24.6 Å². The SMILES string of the molecule is CCOc1ccc(/C=C/C(=O)OC(C)C(=O)Nc2ccc(C)cc2)cc1. The van der Waals surface area contributed by atoms with E-state index in [0.717, 1.165) is 16.9 Å². The number of nitrogens with one attached hydrogen (secondary N) is 1. The molecule has 0 bridgehead atoms. The fourth-order valence-electron chi connectivity index (χ4n) is 2.15. The Balaban J connectivity index is 1.85. The van der Waals surface area contributed by atoms with E-state index < -0.39 is 12.1 Å². The van der Waals surface area contributed by atoms with Crippen LogP contribution >= 0.6 is 0 Å². The van der Waals surface area contributed by atoms with Gasteiger partial charge in [-0.15, -0.1) is 0 Å². The van der Waals surface area contributed by atoms with Crippen molar-refractivity contribution in [2.24, 2.45) is 0 Å². The Morgan fingerprint density at radius 1 is 1.08 bits per heavy atom. The number of ether oxygens (including phenoxy) is 2. The third-order valence-electron chi connectivity index (χ3n) is 3.58. The quantitative estimate of drug-likeness (QED) is 0.604. The topological polar surface area (TPSA) is 64.6 Å². The van der Waals surface area contributed by atoms with Gasteiger partial charge >= 0.3 is 5.97 Å². The number of hydrogen-bond donors (Lipinski definition) is 1. The van der Waals surface area contributed by atoms with Crippen molar-refractivity contribution in [3.63, 3.8) is 0 Å². The summed E-state index contributed by atoms with van der Waals surface area (Å²) in [4.78, 5) is 24.0. The van der Waals surface area contributed by atoms with Crippen molar-refractivity contribution >= 4 is 23.6 Å². The molecule has 1 atom stereocenters. The van der Waals surface area contributed by atoms with Gasteiger partial charge in [0.1, 0.15) is 5.75 Å². The van der Waals surface area contributed by atoms with Gasteiger partial charge in [0.15, 0.2) is 6.10 Å². The molecule has 2 rings (SSSR count). The van der Waals surface area contributed by atoms with Gasteiger partial charge in [-0.1, -0.05) is 29.8 Å². The Bertz CT molecular complexity index is 764. The maximum atomic E-state index is 12.1. The molecule has 0 heterocycles. The Hall–Kier alpha value is -3.08. The lowest BCUT2D eigenvalue weighted by Gasteiger charge is -2.12. The summed E-state index contributed by atoms with van der Waals surface area (Å²) in [5.74, 6) is -0.185. The van der Waals surface area contributed by atoms with Gasteiger partial charge in [0.25, 0.3) is 5.91 Å². The van der Waals surface area contributed by atoms with Crippen LogP contribution in [0.2, 0.25) is 0 Å². The molecule has 1 unspecified atom stereocenters. The second-order valence-electron chi connectivity index (χ2n) is 5.77. The van der Waals surface area contributed by atoms with Crippen molar-refractivity contribution in [1.29, 1.82) is 0 Å². The van der Waals surface area contributed by atoms with Crippen molar-refractivity contribution in [1.82, 2.24) is 0 Å². The third kappa shape index (κ3) is 6.09. The molecule has 0 saturated heterocycles. The van der Waals surface area contributed by atoms with Crippen LogP contribution in [0.15, 0.2) is 54.6 Å². The summed E-state index contributed by atoms with van der Waals surface area (Å²) >= 11 is 0. The van der Waals surface area contributed by atoms with Gasteiger partial charge in [-0.2, -0.15) is 0 Å². The van der Waals surface area contributed by atoms with E-state index in [-0.39, 0.29) is 5.91 Å². The van der Waals surface area contributed by atoms with Gasteiger partial charge in [-0.3, -0.25) is 4.79 Å². The number of amides is 1. The van der Waals surface area contributed by atoms with Crippen LogP contribution in [0.25, 0.3) is 6.08 Å². The fraction of sp³-hybridized carbons (Fsp3) is 0.238. The lowest BCUT2D eigenvalue weighted by molar-refractivity contribution is -0.148. The lowest BCUT2D eigenvalue weighted by Crippen LogP contribution is -2.29. The van der Waals surface area contributed by atoms with E-state index in [1.54, 1.807) is 18.2 Å². The van der Waals surface area contributed by atoms with E-state index in [9.17, 15) is 9.59 Å². The van der Waals surface area contributed by atoms with Crippen molar-refractivity contribution in [2.45, 2.75) is 26.9 Å². The molecule has 2 aromatic carbocycles. The molecule has 0 spiro atoms. The summed E-state index contributed by atoms with van der Waals surface area (Å²) in [6, 6.07) is 14.7. The summed E-state index contributed by atoms with van der Waals surface area (Å²) in [6.45, 7) is 6.02.